The maximum atomic E-state index is 8.70. The van der Waals surface area contributed by atoms with E-state index in [2.05, 4.69) is 31.2 Å². The van der Waals surface area contributed by atoms with Crippen LogP contribution in [0.4, 0.5) is 0 Å². The minimum Gasteiger partial charge on any atom is -0.396 e. The summed E-state index contributed by atoms with van der Waals surface area (Å²) in [5, 5.41) is 8.70. The normalized spacial score (nSPS) is 12.7. The molecule has 0 fully saturated rings. The van der Waals surface area contributed by atoms with Gasteiger partial charge in [-0.15, -0.1) is 0 Å². The standard InChI is InChI=1S/C12H19NOS/c1-10-3-2-4-11(7-10)8-15-9-12(13)5-6-14/h2-4,7,12,14H,5-6,8-9,13H2,1H3. The van der Waals surface area contributed by atoms with Gasteiger partial charge in [0, 0.05) is 24.2 Å². The fraction of sp³-hybridized carbons (Fsp3) is 0.500. The molecule has 0 saturated carbocycles. The van der Waals surface area contributed by atoms with E-state index in [4.69, 9.17) is 10.8 Å². The average Bonchev–Trinajstić information content (AvgIpc) is 2.18. The van der Waals surface area contributed by atoms with Gasteiger partial charge in [-0.25, -0.2) is 0 Å². The Morgan fingerprint density at radius 2 is 2.27 bits per heavy atom. The monoisotopic (exact) mass is 225 g/mol. The van der Waals surface area contributed by atoms with Gasteiger partial charge in [0.05, 0.1) is 0 Å². The van der Waals surface area contributed by atoms with Crippen LogP contribution in [0.15, 0.2) is 24.3 Å². The summed E-state index contributed by atoms with van der Waals surface area (Å²) in [6.45, 7) is 2.29. The van der Waals surface area contributed by atoms with Gasteiger partial charge in [0.25, 0.3) is 0 Å². The van der Waals surface area contributed by atoms with Crippen molar-refractivity contribution in [3.63, 3.8) is 0 Å². The Morgan fingerprint density at radius 3 is 2.93 bits per heavy atom. The second kappa shape index (κ2) is 6.88. The number of aryl methyl sites for hydroxylation is 1. The topological polar surface area (TPSA) is 46.2 Å². The van der Waals surface area contributed by atoms with Crippen LogP contribution in [-0.4, -0.2) is 23.5 Å². The van der Waals surface area contributed by atoms with Crippen LogP contribution >= 0.6 is 11.8 Å². The summed E-state index contributed by atoms with van der Waals surface area (Å²) in [5.41, 5.74) is 8.44. The van der Waals surface area contributed by atoms with Crippen LogP contribution in [-0.2, 0) is 5.75 Å². The van der Waals surface area contributed by atoms with Crippen molar-refractivity contribution in [3.05, 3.63) is 35.4 Å². The molecule has 3 N–H and O–H groups in total. The van der Waals surface area contributed by atoms with Gasteiger partial charge in [-0.2, -0.15) is 11.8 Å². The molecule has 0 spiro atoms. The largest absolute Gasteiger partial charge is 0.396 e. The van der Waals surface area contributed by atoms with Crippen LogP contribution in [0.5, 0.6) is 0 Å². The molecule has 0 radical (unpaired) electrons. The van der Waals surface area contributed by atoms with Crippen LogP contribution < -0.4 is 5.73 Å². The fourth-order valence-electron chi connectivity index (χ4n) is 1.38. The maximum absolute atomic E-state index is 8.70. The second-order valence-electron chi connectivity index (χ2n) is 3.78. The molecule has 0 saturated heterocycles. The van der Waals surface area contributed by atoms with Crippen LogP contribution in [0.2, 0.25) is 0 Å². The lowest BCUT2D eigenvalue weighted by atomic mass is 10.2. The van der Waals surface area contributed by atoms with E-state index in [-0.39, 0.29) is 12.6 Å². The van der Waals surface area contributed by atoms with E-state index in [1.165, 1.54) is 11.1 Å². The molecule has 2 nitrogen and oxygen atoms in total. The zero-order valence-corrected chi connectivity index (χ0v) is 9.96. The van der Waals surface area contributed by atoms with Gasteiger partial charge in [0.15, 0.2) is 0 Å². The second-order valence-corrected chi connectivity index (χ2v) is 4.81. The summed E-state index contributed by atoms with van der Waals surface area (Å²) in [6, 6.07) is 8.64. The molecule has 0 amide bonds. The Hall–Kier alpha value is -0.510. The van der Waals surface area contributed by atoms with Crippen LogP contribution in [0.25, 0.3) is 0 Å². The number of thioether (sulfide) groups is 1. The van der Waals surface area contributed by atoms with E-state index in [0.29, 0.717) is 6.42 Å². The number of nitrogens with two attached hydrogens (primary N) is 1. The number of hydrogen-bond donors (Lipinski definition) is 2. The summed E-state index contributed by atoms with van der Waals surface area (Å²) in [5.74, 6) is 1.91. The molecule has 1 unspecified atom stereocenters. The van der Waals surface area contributed by atoms with E-state index >= 15 is 0 Å². The predicted octanol–water partition coefficient (Wildman–Crippen LogP) is 1.94. The number of hydrogen-bond acceptors (Lipinski definition) is 3. The molecule has 0 heterocycles. The van der Waals surface area contributed by atoms with Crippen molar-refractivity contribution in [1.29, 1.82) is 0 Å². The van der Waals surface area contributed by atoms with Crippen molar-refractivity contribution in [2.24, 2.45) is 5.73 Å². The molecular weight excluding hydrogens is 206 g/mol. The fourth-order valence-corrected chi connectivity index (χ4v) is 2.38. The Labute approximate surface area is 95.9 Å². The first-order chi connectivity index (χ1) is 7.22. The molecular formula is C12H19NOS. The van der Waals surface area contributed by atoms with Crippen LogP contribution in [0.1, 0.15) is 17.5 Å². The lowest BCUT2D eigenvalue weighted by Gasteiger charge is -2.09. The van der Waals surface area contributed by atoms with E-state index in [1.54, 1.807) is 0 Å². The highest BCUT2D eigenvalue weighted by atomic mass is 32.2. The smallest absolute Gasteiger partial charge is 0.0446 e. The molecule has 0 bridgehead atoms. The minimum absolute atomic E-state index is 0.116. The predicted molar refractivity (Wildman–Crippen MR) is 67.0 cm³/mol. The lowest BCUT2D eigenvalue weighted by molar-refractivity contribution is 0.279. The molecule has 1 atom stereocenters. The van der Waals surface area contributed by atoms with Gasteiger partial charge >= 0.3 is 0 Å². The van der Waals surface area contributed by atoms with E-state index in [9.17, 15) is 0 Å². The average molecular weight is 225 g/mol. The molecule has 0 aromatic heterocycles. The van der Waals surface area contributed by atoms with Gasteiger partial charge in [-0.1, -0.05) is 29.8 Å². The van der Waals surface area contributed by atoms with Crippen LogP contribution in [0.3, 0.4) is 0 Å². The summed E-state index contributed by atoms with van der Waals surface area (Å²) >= 11 is 1.83. The molecule has 0 aliphatic rings. The van der Waals surface area contributed by atoms with Crippen LogP contribution in [0, 0.1) is 6.92 Å². The molecule has 84 valence electrons. The zero-order valence-electron chi connectivity index (χ0n) is 9.15. The highest BCUT2D eigenvalue weighted by molar-refractivity contribution is 7.98. The Balaban J connectivity index is 2.25. The number of aliphatic hydroxyl groups excluding tert-OH is 1. The van der Waals surface area contributed by atoms with Gasteiger partial charge in [-0.3, -0.25) is 0 Å². The summed E-state index contributed by atoms with van der Waals surface area (Å²) in [7, 11) is 0. The Kier molecular flexibility index (Phi) is 5.76. The van der Waals surface area contributed by atoms with Crippen molar-refractivity contribution in [1.82, 2.24) is 0 Å². The van der Waals surface area contributed by atoms with E-state index in [1.807, 2.05) is 11.8 Å². The first kappa shape index (κ1) is 12.6. The third-order valence-electron chi connectivity index (χ3n) is 2.18. The molecule has 1 rings (SSSR count). The first-order valence-corrected chi connectivity index (χ1v) is 6.37. The third-order valence-corrected chi connectivity index (χ3v) is 3.38. The van der Waals surface area contributed by atoms with Crippen molar-refractivity contribution in [2.45, 2.75) is 25.1 Å². The van der Waals surface area contributed by atoms with Crippen molar-refractivity contribution in [2.75, 3.05) is 12.4 Å². The molecule has 15 heavy (non-hydrogen) atoms. The molecule has 0 aliphatic carbocycles. The SMILES string of the molecule is Cc1cccc(CSCC(N)CCO)c1. The van der Waals surface area contributed by atoms with E-state index < -0.39 is 0 Å². The Morgan fingerprint density at radius 1 is 1.47 bits per heavy atom. The van der Waals surface area contributed by atoms with Gasteiger partial charge in [-0.05, 0) is 18.9 Å². The van der Waals surface area contributed by atoms with Crippen molar-refractivity contribution < 1.29 is 5.11 Å². The highest BCUT2D eigenvalue weighted by Gasteiger charge is 2.01. The molecule has 0 aliphatic heterocycles. The summed E-state index contributed by atoms with van der Waals surface area (Å²) in [6.07, 6.45) is 0.695. The summed E-state index contributed by atoms with van der Waals surface area (Å²) in [4.78, 5) is 0. The third kappa shape index (κ3) is 5.21. The minimum atomic E-state index is 0.116. The van der Waals surface area contributed by atoms with Gasteiger partial charge < -0.3 is 10.8 Å². The first-order valence-electron chi connectivity index (χ1n) is 5.22. The maximum Gasteiger partial charge on any atom is 0.0446 e. The molecule has 3 heteroatoms. The quantitative estimate of drug-likeness (QED) is 0.777. The number of benzene rings is 1. The Bertz CT molecular complexity index is 291. The van der Waals surface area contributed by atoms with Crippen molar-refractivity contribution in [3.8, 4) is 0 Å². The zero-order chi connectivity index (χ0) is 11.1. The van der Waals surface area contributed by atoms with Gasteiger partial charge in [0.1, 0.15) is 0 Å². The molecule has 1 aromatic carbocycles. The summed E-state index contributed by atoms with van der Waals surface area (Å²) < 4.78 is 0. The van der Waals surface area contributed by atoms with E-state index in [0.717, 1.165) is 11.5 Å². The van der Waals surface area contributed by atoms with Gasteiger partial charge in [0.2, 0.25) is 0 Å². The number of aliphatic hydroxyl groups is 1. The molecule has 1 aromatic rings. The highest BCUT2D eigenvalue weighted by Crippen LogP contribution is 2.14. The lowest BCUT2D eigenvalue weighted by Crippen LogP contribution is -2.24. The van der Waals surface area contributed by atoms with Crippen molar-refractivity contribution >= 4 is 11.8 Å². The number of rotatable bonds is 6.